The van der Waals surface area contributed by atoms with Gasteiger partial charge in [0.2, 0.25) is 0 Å². The van der Waals surface area contributed by atoms with Crippen LogP contribution >= 0.6 is 11.3 Å². The Bertz CT molecular complexity index is 1210. The van der Waals surface area contributed by atoms with Gasteiger partial charge in [-0.2, -0.15) is 5.26 Å². The second-order valence-electron chi connectivity index (χ2n) is 7.49. The molecule has 4 rings (SSSR count). The second kappa shape index (κ2) is 9.08. The largest absolute Gasteiger partial charge is 0.497 e. The molecule has 1 saturated heterocycles. The molecule has 0 N–H and O–H groups in total. The summed E-state index contributed by atoms with van der Waals surface area (Å²) in [5.41, 5.74) is 2.34. The van der Waals surface area contributed by atoms with E-state index in [-0.39, 0.29) is 10.5 Å². The second-order valence-corrected chi connectivity index (χ2v) is 10.5. The van der Waals surface area contributed by atoms with E-state index in [0.717, 1.165) is 28.6 Å². The van der Waals surface area contributed by atoms with Gasteiger partial charge in [0.25, 0.3) is 0 Å². The van der Waals surface area contributed by atoms with Crippen LogP contribution < -0.4 is 9.64 Å². The van der Waals surface area contributed by atoms with Crippen molar-refractivity contribution in [2.24, 2.45) is 0 Å². The highest BCUT2D eigenvalue weighted by molar-refractivity contribution is 7.92. The Morgan fingerprint density at radius 3 is 2.71 bits per heavy atom. The van der Waals surface area contributed by atoms with Crippen molar-refractivity contribution in [2.45, 2.75) is 29.4 Å². The number of hydrogen-bond acceptors (Lipinski definition) is 7. The Kier molecular flexibility index (Phi) is 6.25. The number of piperidine rings is 1. The lowest BCUT2D eigenvalue weighted by Crippen LogP contribution is -2.39. The van der Waals surface area contributed by atoms with Crippen LogP contribution in [0.25, 0.3) is 0 Å². The first-order valence-electron chi connectivity index (χ1n) is 10.1. The van der Waals surface area contributed by atoms with Crippen molar-refractivity contribution in [3.05, 3.63) is 70.7 Å². The van der Waals surface area contributed by atoms with Crippen LogP contribution in [0.4, 0.5) is 5.13 Å². The van der Waals surface area contributed by atoms with Gasteiger partial charge in [-0.3, -0.25) is 0 Å². The van der Waals surface area contributed by atoms with E-state index in [1.165, 1.54) is 6.07 Å². The average molecular weight is 454 g/mol. The molecule has 0 aliphatic carbocycles. The molecule has 1 fully saturated rings. The van der Waals surface area contributed by atoms with E-state index in [9.17, 15) is 13.7 Å². The quantitative estimate of drug-likeness (QED) is 0.560. The van der Waals surface area contributed by atoms with Gasteiger partial charge in [-0.15, -0.1) is 11.3 Å². The minimum Gasteiger partial charge on any atom is -0.497 e. The maximum Gasteiger partial charge on any atom is 0.185 e. The summed E-state index contributed by atoms with van der Waals surface area (Å²) in [5.74, 6) is 0.828. The Labute approximate surface area is 186 Å². The van der Waals surface area contributed by atoms with E-state index < -0.39 is 15.1 Å². The number of nitrogens with zero attached hydrogens (tertiary/aromatic N) is 3. The molecule has 31 heavy (non-hydrogen) atoms. The zero-order valence-corrected chi connectivity index (χ0v) is 18.8. The van der Waals surface area contributed by atoms with E-state index >= 15 is 0 Å². The standard InChI is InChI=1S/C23H23N3O3S2/c1-29-20-7-4-5-17(14-20)13-19-16-30-23(25-19)26-11-9-21(10-12-26)31(27,28)22-8-3-2-6-18(22)15-24/h2-8,14,16,21H,9-13H2,1H3. The zero-order chi connectivity index (χ0) is 21.8. The molecule has 0 unspecified atom stereocenters. The molecule has 1 aliphatic heterocycles. The molecule has 2 aromatic carbocycles. The maximum atomic E-state index is 13.1. The van der Waals surface area contributed by atoms with Crippen molar-refractivity contribution in [2.75, 3.05) is 25.1 Å². The summed E-state index contributed by atoms with van der Waals surface area (Å²) in [5, 5.41) is 11.8. The number of sulfone groups is 1. The lowest BCUT2D eigenvalue weighted by Gasteiger charge is -2.31. The minimum absolute atomic E-state index is 0.144. The molecule has 2 heterocycles. The monoisotopic (exact) mass is 453 g/mol. The number of benzene rings is 2. The van der Waals surface area contributed by atoms with Gasteiger partial charge in [0.15, 0.2) is 15.0 Å². The number of methoxy groups -OCH3 is 1. The fourth-order valence-corrected chi connectivity index (χ4v) is 6.62. The van der Waals surface area contributed by atoms with E-state index in [2.05, 4.69) is 16.3 Å². The van der Waals surface area contributed by atoms with Gasteiger partial charge in [-0.25, -0.2) is 13.4 Å². The summed E-state index contributed by atoms with van der Waals surface area (Å²) in [6.45, 7) is 1.26. The molecule has 6 nitrogen and oxygen atoms in total. The summed E-state index contributed by atoms with van der Waals surface area (Å²) in [6, 6.07) is 16.4. The highest BCUT2D eigenvalue weighted by Gasteiger charge is 2.33. The van der Waals surface area contributed by atoms with Crippen molar-refractivity contribution in [3.63, 3.8) is 0 Å². The number of hydrogen-bond donors (Lipinski definition) is 0. The fourth-order valence-electron chi connectivity index (χ4n) is 3.86. The number of ether oxygens (including phenoxy) is 1. The number of thiazole rings is 1. The van der Waals surface area contributed by atoms with Crippen LogP contribution in [0.3, 0.4) is 0 Å². The Morgan fingerprint density at radius 2 is 1.97 bits per heavy atom. The van der Waals surface area contributed by atoms with Crippen LogP contribution in [-0.4, -0.2) is 38.9 Å². The smallest absolute Gasteiger partial charge is 0.185 e. The number of rotatable bonds is 6. The van der Waals surface area contributed by atoms with Crippen LogP contribution in [0.2, 0.25) is 0 Å². The van der Waals surface area contributed by atoms with Crippen LogP contribution in [-0.2, 0) is 16.3 Å². The predicted octanol–water partition coefficient (Wildman–Crippen LogP) is 4.06. The highest BCUT2D eigenvalue weighted by atomic mass is 32.2. The number of anilines is 1. The molecular weight excluding hydrogens is 430 g/mol. The van der Waals surface area contributed by atoms with Crippen molar-refractivity contribution >= 4 is 26.3 Å². The number of aromatic nitrogens is 1. The Hall–Kier alpha value is -2.89. The summed E-state index contributed by atoms with van der Waals surface area (Å²) >= 11 is 1.59. The van der Waals surface area contributed by atoms with Gasteiger partial charge >= 0.3 is 0 Å². The summed E-state index contributed by atoms with van der Waals surface area (Å²) in [7, 11) is -1.88. The first kappa shape index (κ1) is 21.3. The Morgan fingerprint density at radius 1 is 1.19 bits per heavy atom. The lowest BCUT2D eigenvalue weighted by molar-refractivity contribution is 0.414. The molecule has 3 aromatic rings. The predicted molar refractivity (Wildman–Crippen MR) is 121 cm³/mol. The molecule has 0 saturated carbocycles. The third kappa shape index (κ3) is 4.58. The fraction of sp³-hybridized carbons (Fsp3) is 0.304. The van der Waals surface area contributed by atoms with Crippen molar-refractivity contribution < 1.29 is 13.2 Å². The molecule has 0 spiro atoms. The average Bonchev–Trinajstić information content (AvgIpc) is 3.27. The summed E-state index contributed by atoms with van der Waals surface area (Å²) < 4.78 is 31.4. The number of nitriles is 1. The molecular formula is C23H23N3O3S2. The van der Waals surface area contributed by atoms with Crippen molar-refractivity contribution in [1.29, 1.82) is 5.26 Å². The molecule has 0 bridgehead atoms. The SMILES string of the molecule is COc1cccc(Cc2csc(N3CCC(S(=O)(=O)c4ccccc4C#N)CC3)n2)c1. The molecule has 0 radical (unpaired) electrons. The van der Waals surface area contributed by atoms with Crippen LogP contribution in [0, 0.1) is 11.3 Å². The first-order chi connectivity index (χ1) is 15.0. The van der Waals surface area contributed by atoms with Crippen LogP contribution in [0.5, 0.6) is 5.75 Å². The molecule has 0 amide bonds. The topological polar surface area (TPSA) is 83.3 Å². The van der Waals surface area contributed by atoms with Crippen LogP contribution in [0.1, 0.15) is 29.7 Å². The van der Waals surface area contributed by atoms with E-state index in [0.29, 0.717) is 25.9 Å². The van der Waals surface area contributed by atoms with Gasteiger partial charge < -0.3 is 9.64 Å². The molecule has 1 aromatic heterocycles. The third-order valence-corrected chi connectivity index (χ3v) is 8.79. The van der Waals surface area contributed by atoms with E-state index in [4.69, 9.17) is 9.72 Å². The van der Waals surface area contributed by atoms with E-state index in [1.807, 2.05) is 24.3 Å². The minimum atomic E-state index is -3.53. The molecule has 1 aliphatic rings. The molecule has 160 valence electrons. The molecule has 8 heteroatoms. The van der Waals surface area contributed by atoms with Gasteiger partial charge in [-0.1, -0.05) is 24.3 Å². The van der Waals surface area contributed by atoms with Crippen molar-refractivity contribution in [3.8, 4) is 11.8 Å². The van der Waals surface area contributed by atoms with E-state index in [1.54, 1.807) is 36.6 Å². The normalized spacial score (nSPS) is 14.9. The van der Waals surface area contributed by atoms with Gasteiger partial charge in [0.05, 0.1) is 28.5 Å². The van der Waals surface area contributed by atoms with Crippen molar-refractivity contribution in [1.82, 2.24) is 4.98 Å². The zero-order valence-electron chi connectivity index (χ0n) is 17.2. The van der Waals surface area contributed by atoms with Gasteiger partial charge in [0.1, 0.15) is 11.8 Å². The Balaban J connectivity index is 1.42. The highest BCUT2D eigenvalue weighted by Crippen LogP contribution is 2.30. The summed E-state index contributed by atoms with van der Waals surface area (Å²) in [6.07, 6.45) is 1.77. The summed E-state index contributed by atoms with van der Waals surface area (Å²) in [4.78, 5) is 7.07. The maximum absolute atomic E-state index is 13.1. The van der Waals surface area contributed by atoms with Gasteiger partial charge in [0, 0.05) is 24.9 Å². The third-order valence-electron chi connectivity index (χ3n) is 5.52. The first-order valence-corrected chi connectivity index (χ1v) is 12.5. The lowest BCUT2D eigenvalue weighted by atomic mass is 10.1. The van der Waals surface area contributed by atoms with Crippen LogP contribution in [0.15, 0.2) is 58.8 Å². The molecule has 0 atom stereocenters. The van der Waals surface area contributed by atoms with Gasteiger partial charge in [-0.05, 0) is 42.7 Å².